The summed E-state index contributed by atoms with van der Waals surface area (Å²) in [6.07, 6.45) is 1.62. The number of anilines is 3. The number of nitrogens with two attached hydrogens (primary N) is 1. The van der Waals surface area contributed by atoms with Crippen molar-refractivity contribution in [1.82, 2.24) is 20.6 Å². The Labute approximate surface area is 180 Å². The fourth-order valence-electron chi connectivity index (χ4n) is 2.86. The van der Waals surface area contributed by atoms with Gasteiger partial charge in [0.1, 0.15) is 11.6 Å². The molecule has 3 aromatic rings. The summed E-state index contributed by atoms with van der Waals surface area (Å²) in [6, 6.07) is 14.0. The van der Waals surface area contributed by atoms with Gasteiger partial charge in [-0.1, -0.05) is 18.2 Å². The lowest BCUT2D eigenvalue weighted by Gasteiger charge is -2.12. The van der Waals surface area contributed by atoms with E-state index in [1.807, 2.05) is 25.1 Å². The molecule has 1 aromatic carbocycles. The highest BCUT2D eigenvalue weighted by molar-refractivity contribution is 5.99. The molecule has 0 unspecified atom stereocenters. The maximum absolute atomic E-state index is 12.1. The number of nitrogens with zero attached hydrogens (tertiary/aromatic N) is 2. The smallest absolute Gasteiger partial charge is 0.319 e. The number of aromatic nitrogens is 2. The van der Waals surface area contributed by atoms with E-state index in [0.717, 1.165) is 16.8 Å². The number of carbonyl (C=O) groups is 2. The second-order valence-electron chi connectivity index (χ2n) is 6.68. The van der Waals surface area contributed by atoms with E-state index in [2.05, 4.69) is 31.2 Å². The zero-order chi connectivity index (χ0) is 22.2. The standard InChI is InChI=1S/C22H25N7O2/c1-3-25-20-17(21(30)24-2)9-10-18(29-20)15-5-7-16(8-6-15)28-22(31)27-13-14-4-11-19(23)26-12-14/h4-12H,3,13H2,1-2H3,(H2,23,26)(H,24,30)(H,25,29)(H2,27,28,31). The first-order valence-corrected chi connectivity index (χ1v) is 9.83. The van der Waals surface area contributed by atoms with E-state index in [-0.39, 0.29) is 11.9 Å². The number of hydrogen-bond donors (Lipinski definition) is 5. The van der Waals surface area contributed by atoms with E-state index in [1.165, 1.54) is 0 Å². The zero-order valence-electron chi connectivity index (χ0n) is 17.4. The largest absolute Gasteiger partial charge is 0.384 e. The van der Waals surface area contributed by atoms with Crippen LogP contribution in [0.1, 0.15) is 22.8 Å². The summed E-state index contributed by atoms with van der Waals surface area (Å²) in [6.45, 7) is 2.92. The molecule has 2 heterocycles. The van der Waals surface area contributed by atoms with E-state index in [4.69, 9.17) is 5.73 Å². The lowest BCUT2D eigenvalue weighted by molar-refractivity contribution is 0.0963. The van der Waals surface area contributed by atoms with Gasteiger partial charge in [-0.2, -0.15) is 0 Å². The predicted molar refractivity (Wildman–Crippen MR) is 122 cm³/mol. The molecular weight excluding hydrogens is 394 g/mol. The normalized spacial score (nSPS) is 10.3. The minimum atomic E-state index is -0.327. The van der Waals surface area contributed by atoms with Gasteiger partial charge in [-0.25, -0.2) is 14.8 Å². The molecule has 0 aliphatic carbocycles. The van der Waals surface area contributed by atoms with Crippen molar-refractivity contribution in [2.24, 2.45) is 0 Å². The molecule has 0 atom stereocenters. The van der Waals surface area contributed by atoms with Crippen LogP contribution in [-0.4, -0.2) is 35.5 Å². The minimum absolute atomic E-state index is 0.199. The summed E-state index contributed by atoms with van der Waals surface area (Å²) < 4.78 is 0. The van der Waals surface area contributed by atoms with Gasteiger partial charge in [-0.15, -0.1) is 0 Å². The van der Waals surface area contributed by atoms with Crippen LogP contribution in [0, 0.1) is 0 Å². The first kappa shape index (κ1) is 21.6. The molecule has 6 N–H and O–H groups in total. The average molecular weight is 419 g/mol. The lowest BCUT2D eigenvalue weighted by atomic mass is 10.1. The molecule has 0 radical (unpaired) electrons. The molecule has 160 valence electrons. The third-order valence-corrected chi connectivity index (χ3v) is 4.45. The second kappa shape index (κ2) is 10.1. The third-order valence-electron chi connectivity index (χ3n) is 4.45. The van der Waals surface area contributed by atoms with Gasteiger partial charge in [0.2, 0.25) is 0 Å². The van der Waals surface area contributed by atoms with Crippen molar-refractivity contribution >= 4 is 29.3 Å². The molecule has 9 heteroatoms. The highest BCUT2D eigenvalue weighted by Gasteiger charge is 2.13. The number of hydrogen-bond acceptors (Lipinski definition) is 6. The van der Waals surface area contributed by atoms with Crippen LogP contribution in [0.2, 0.25) is 0 Å². The van der Waals surface area contributed by atoms with E-state index in [9.17, 15) is 9.59 Å². The number of rotatable bonds is 7. The molecule has 0 aliphatic heterocycles. The summed E-state index contributed by atoms with van der Waals surface area (Å²) in [5.41, 5.74) is 9.11. The number of amides is 3. The molecule has 9 nitrogen and oxygen atoms in total. The molecule has 0 saturated carbocycles. The number of nitrogen functional groups attached to an aromatic ring is 1. The predicted octanol–water partition coefficient (Wildman–Crippen LogP) is 2.84. The van der Waals surface area contributed by atoms with Crippen molar-refractivity contribution in [2.45, 2.75) is 13.5 Å². The Hall–Kier alpha value is -4.14. The molecule has 2 aromatic heterocycles. The monoisotopic (exact) mass is 419 g/mol. The van der Waals surface area contributed by atoms with Crippen LogP contribution in [0.3, 0.4) is 0 Å². The van der Waals surface area contributed by atoms with Crippen molar-refractivity contribution in [3.63, 3.8) is 0 Å². The summed E-state index contributed by atoms with van der Waals surface area (Å²) >= 11 is 0. The quantitative estimate of drug-likeness (QED) is 0.400. The number of pyridine rings is 2. The Kier molecular flexibility index (Phi) is 7.00. The van der Waals surface area contributed by atoms with E-state index >= 15 is 0 Å². The van der Waals surface area contributed by atoms with Gasteiger partial charge in [-0.05, 0) is 42.8 Å². The van der Waals surface area contributed by atoms with Gasteiger partial charge in [-0.3, -0.25) is 4.79 Å². The van der Waals surface area contributed by atoms with Crippen LogP contribution < -0.4 is 27.0 Å². The number of nitrogens with one attached hydrogen (secondary N) is 4. The van der Waals surface area contributed by atoms with Crippen LogP contribution in [0.5, 0.6) is 0 Å². The van der Waals surface area contributed by atoms with E-state index in [0.29, 0.717) is 36.0 Å². The SMILES string of the molecule is CCNc1nc(-c2ccc(NC(=O)NCc3ccc(N)nc3)cc2)ccc1C(=O)NC. The average Bonchev–Trinajstić information content (AvgIpc) is 2.79. The van der Waals surface area contributed by atoms with Crippen molar-refractivity contribution < 1.29 is 9.59 Å². The molecule has 0 fully saturated rings. The Morgan fingerprint density at radius 2 is 1.81 bits per heavy atom. The fraction of sp³-hybridized carbons (Fsp3) is 0.182. The summed E-state index contributed by atoms with van der Waals surface area (Å²) in [5.74, 6) is 0.761. The third kappa shape index (κ3) is 5.69. The molecule has 0 bridgehead atoms. The number of urea groups is 1. The summed E-state index contributed by atoms with van der Waals surface area (Å²) in [7, 11) is 1.58. The Morgan fingerprint density at radius 3 is 2.45 bits per heavy atom. The Morgan fingerprint density at radius 1 is 1.03 bits per heavy atom. The van der Waals surface area contributed by atoms with Crippen molar-refractivity contribution in [1.29, 1.82) is 0 Å². The Balaban J connectivity index is 1.65. The molecule has 0 saturated heterocycles. The molecule has 31 heavy (non-hydrogen) atoms. The highest BCUT2D eigenvalue weighted by atomic mass is 16.2. The van der Waals surface area contributed by atoms with E-state index < -0.39 is 0 Å². The van der Waals surface area contributed by atoms with Gasteiger partial charge in [0.15, 0.2) is 0 Å². The van der Waals surface area contributed by atoms with Gasteiger partial charge >= 0.3 is 6.03 Å². The van der Waals surface area contributed by atoms with Gasteiger partial charge in [0.25, 0.3) is 5.91 Å². The molecular formula is C22H25N7O2. The summed E-state index contributed by atoms with van der Waals surface area (Å²) in [4.78, 5) is 32.7. The zero-order valence-corrected chi connectivity index (χ0v) is 17.4. The lowest BCUT2D eigenvalue weighted by Crippen LogP contribution is -2.28. The van der Waals surface area contributed by atoms with E-state index in [1.54, 1.807) is 43.6 Å². The van der Waals surface area contributed by atoms with Crippen molar-refractivity contribution in [3.8, 4) is 11.3 Å². The first-order chi connectivity index (χ1) is 15.0. The molecule has 0 aliphatic rings. The maximum Gasteiger partial charge on any atom is 0.319 e. The second-order valence-corrected chi connectivity index (χ2v) is 6.68. The van der Waals surface area contributed by atoms with Gasteiger partial charge in [0.05, 0.1) is 11.3 Å². The maximum atomic E-state index is 12.1. The highest BCUT2D eigenvalue weighted by Crippen LogP contribution is 2.23. The van der Waals surface area contributed by atoms with Gasteiger partial charge < -0.3 is 27.0 Å². The van der Waals surface area contributed by atoms with Crippen LogP contribution >= 0.6 is 0 Å². The number of benzene rings is 1. The van der Waals surface area contributed by atoms with Crippen LogP contribution in [0.15, 0.2) is 54.7 Å². The molecule has 0 spiro atoms. The van der Waals surface area contributed by atoms with Crippen LogP contribution in [0.25, 0.3) is 11.3 Å². The fourth-order valence-corrected chi connectivity index (χ4v) is 2.86. The number of carbonyl (C=O) groups excluding carboxylic acids is 2. The van der Waals surface area contributed by atoms with Gasteiger partial charge in [0, 0.05) is 37.6 Å². The topological polar surface area (TPSA) is 134 Å². The minimum Gasteiger partial charge on any atom is -0.384 e. The molecule has 3 amide bonds. The van der Waals surface area contributed by atoms with Crippen molar-refractivity contribution in [3.05, 3.63) is 65.9 Å². The first-order valence-electron chi connectivity index (χ1n) is 9.83. The molecule has 3 rings (SSSR count). The van der Waals surface area contributed by atoms with Crippen LogP contribution in [-0.2, 0) is 6.54 Å². The Bertz CT molecular complexity index is 1050. The van der Waals surface area contributed by atoms with Crippen molar-refractivity contribution in [2.75, 3.05) is 30.0 Å². The summed E-state index contributed by atoms with van der Waals surface area (Å²) in [5, 5.41) is 11.3. The van der Waals surface area contributed by atoms with Crippen LogP contribution in [0.4, 0.5) is 22.1 Å².